The monoisotopic (exact) mass is 622 g/mol. The molecule has 43 heavy (non-hydrogen) atoms. The molecule has 0 amide bonds. The van der Waals surface area contributed by atoms with Crippen molar-refractivity contribution in [1.82, 2.24) is 29.0 Å². The predicted octanol–water partition coefficient (Wildman–Crippen LogP) is -3.18. The SMILES string of the molecule is CCCc1nn(C)c2c(=O)[nH]c(-c3cc(S(=O)(=O)N4CCN(C)CC4)ccc3OCC)nc12.O=C([O-])C(O)C(O)C(=O)[O-]. The van der Waals surface area contributed by atoms with Crippen molar-refractivity contribution in [3.05, 3.63) is 34.2 Å². The van der Waals surface area contributed by atoms with Crippen LogP contribution in [0.25, 0.3) is 22.4 Å². The van der Waals surface area contributed by atoms with E-state index in [2.05, 4.69) is 15.0 Å². The third kappa shape index (κ3) is 7.55. The maximum absolute atomic E-state index is 13.3. The number of aliphatic carboxylic acids is 2. The molecular weight excluding hydrogens is 588 g/mol. The highest BCUT2D eigenvalue weighted by Gasteiger charge is 2.29. The first-order chi connectivity index (χ1) is 20.2. The van der Waals surface area contributed by atoms with Gasteiger partial charge in [0.2, 0.25) is 10.0 Å². The Hall–Kier alpha value is -3.90. The number of hydrogen-bond donors (Lipinski definition) is 3. The summed E-state index contributed by atoms with van der Waals surface area (Å²) in [5.41, 5.74) is 1.75. The van der Waals surface area contributed by atoms with Crippen LogP contribution < -0.4 is 20.5 Å². The molecule has 1 aliphatic rings. The zero-order valence-electron chi connectivity index (χ0n) is 24.1. The minimum Gasteiger partial charge on any atom is -0.547 e. The molecule has 2 atom stereocenters. The summed E-state index contributed by atoms with van der Waals surface area (Å²) in [6.45, 7) is 6.48. The van der Waals surface area contributed by atoms with Gasteiger partial charge in [-0.2, -0.15) is 9.40 Å². The number of likely N-dealkylation sites (N-methyl/N-ethyl adjacent to an activating group) is 1. The zero-order valence-corrected chi connectivity index (χ0v) is 25.0. The van der Waals surface area contributed by atoms with Crippen LogP contribution in [0.4, 0.5) is 0 Å². The molecule has 1 aliphatic heterocycles. The van der Waals surface area contributed by atoms with Gasteiger partial charge in [-0.05, 0) is 38.6 Å². The second-order valence-electron chi connectivity index (χ2n) is 9.76. The largest absolute Gasteiger partial charge is 0.547 e. The highest BCUT2D eigenvalue weighted by Crippen LogP contribution is 2.32. The number of carboxylic acids is 2. The molecule has 3 aromatic rings. The standard InChI is InChI=1S/C22H30N6O4S.C4H6O6/c1-5-7-17-19-20(27(4)25-17)22(29)24-21(23-19)16-14-15(8-9-18(16)32-6-2)33(30,31)28-12-10-26(3)11-13-28;5-1(3(7)8)2(6)4(9)10/h8-9,14H,5-7,10-13H2,1-4H3,(H,23,24,29);1-2,5-6H,(H,7,8)(H,9,10)/p-2. The molecule has 2 unspecified atom stereocenters. The first-order valence-corrected chi connectivity index (χ1v) is 14.9. The molecule has 3 N–H and O–H groups in total. The van der Waals surface area contributed by atoms with E-state index in [1.165, 1.54) is 8.99 Å². The van der Waals surface area contributed by atoms with Gasteiger partial charge in [0.25, 0.3) is 5.56 Å². The van der Waals surface area contributed by atoms with Crippen molar-refractivity contribution < 1.29 is 43.2 Å². The quantitative estimate of drug-likeness (QED) is 0.203. The average molecular weight is 623 g/mol. The summed E-state index contributed by atoms with van der Waals surface area (Å²) < 4.78 is 35.4. The Balaban J connectivity index is 0.000000436. The minimum absolute atomic E-state index is 0.147. The molecule has 0 spiro atoms. The number of hydrogen-bond acceptors (Lipinski definition) is 13. The van der Waals surface area contributed by atoms with E-state index in [9.17, 15) is 33.0 Å². The molecule has 0 saturated carbocycles. The highest BCUT2D eigenvalue weighted by atomic mass is 32.2. The van der Waals surface area contributed by atoms with Crippen molar-refractivity contribution in [3.63, 3.8) is 0 Å². The number of aliphatic hydroxyl groups is 2. The van der Waals surface area contributed by atoms with E-state index in [-0.39, 0.29) is 16.3 Å². The van der Waals surface area contributed by atoms with Gasteiger partial charge in [-0.15, -0.1) is 0 Å². The van der Waals surface area contributed by atoms with Crippen LogP contribution in [0, 0.1) is 0 Å². The zero-order chi connectivity index (χ0) is 32.1. The summed E-state index contributed by atoms with van der Waals surface area (Å²) in [6, 6.07) is 4.71. The van der Waals surface area contributed by atoms with Crippen LogP contribution in [0.3, 0.4) is 0 Å². The Morgan fingerprint density at radius 1 is 1.07 bits per heavy atom. The Labute approximate surface area is 247 Å². The lowest BCUT2D eigenvalue weighted by atomic mass is 10.1. The number of sulfonamides is 1. The predicted molar refractivity (Wildman–Crippen MR) is 148 cm³/mol. The summed E-state index contributed by atoms with van der Waals surface area (Å²) in [7, 11) is -0.00831. The third-order valence-electron chi connectivity index (χ3n) is 6.64. The molecular formula is C26H34N6O10S-2. The highest BCUT2D eigenvalue weighted by molar-refractivity contribution is 7.89. The number of fused-ring (bicyclic) bond motifs is 1. The first-order valence-electron chi connectivity index (χ1n) is 13.4. The van der Waals surface area contributed by atoms with Crippen LogP contribution >= 0.6 is 0 Å². The number of aromatic amines is 1. The van der Waals surface area contributed by atoms with E-state index in [0.717, 1.165) is 12.1 Å². The molecule has 3 heterocycles. The van der Waals surface area contributed by atoms with Gasteiger partial charge >= 0.3 is 0 Å². The molecule has 4 rings (SSSR count). The topological polar surface area (TPSA) is 234 Å². The number of carbonyl (C=O) groups is 2. The van der Waals surface area contributed by atoms with Gasteiger partial charge < -0.3 is 44.6 Å². The number of benzene rings is 1. The van der Waals surface area contributed by atoms with Crippen LogP contribution in [0.1, 0.15) is 26.0 Å². The van der Waals surface area contributed by atoms with E-state index >= 15 is 0 Å². The number of aromatic nitrogens is 4. The number of carboxylic acid groups (broad SMARTS) is 2. The fourth-order valence-corrected chi connectivity index (χ4v) is 5.80. The number of H-pyrrole nitrogens is 1. The fraction of sp³-hybridized carbons (Fsp3) is 0.500. The molecule has 0 bridgehead atoms. The summed E-state index contributed by atoms with van der Waals surface area (Å²) in [4.78, 5) is 41.9. The van der Waals surface area contributed by atoms with E-state index in [4.69, 9.17) is 19.9 Å². The van der Waals surface area contributed by atoms with Crippen molar-refractivity contribution in [2.24, 2.45) is 7.05 Å². The third-order valence-corrected chi connectivity index (χ3v) is 8.53. The normalized spacial score (nSPS) is 15.9. The number of nitrogens with one attached hydrogen (secondary N) is 1. The molecule has 17 heteroatoms. The lowest BCUT2D eigenvalue weighted by molar-refractivity contribution is -0.333. The van der Waals surface area contributed by atoms with Crippen LogP contribution in [0.2, 0.25) is 0 Å². The van der Waals surface area contributed by atoms with Crippen molar-refractivity contribution in [1.29, 1.82) is 0 Å². The van der Waals surface area contributed by atoms with Gasteiger partial charge in [0.05, 0.1) is 34.7 Å². The molecule has 2 aromatic heterocycles. The van der Waals surface area contributed by atoms with E-state index in [1.807, 2.05) is 20.9 Å². The molecule has 0 aliphatic carbocycles. The lowest BCUT2D eigenvalue weighted by Crippen LogP contribution is -2.51. The summed E-state index contributed by atoms with van der Waals surface area (Å²) in [5, 5.41) is 40.2. The number of aliphatic hydroxyl groups excluding tert-OH is 2. The number of aryl methyl sites for hydroxylation is 2. The Kier molecular flexibility index (Phi) is 11.0. The molecule has 1 saturated heterocycles. The average Bonchev–Trinajstić information content (AvgIpc) is 3.28. The summed E-state index contributed by atoms with van der Waals surface area (Å²) in [5.74, 6) is -3.40. The van der Waals surface area contributed by atoms with Gasteiger partial charge in [-0.3, -0.25) is 9.48 Å². The molecule has 1 fully saturated rings. The number of ether oxygens (including phenoxy) is 1. The Morgan fingerprint density at radius 3 is 2.21 bits per heavy atom. The summed E-state index contributed by atoms with van der Waals surface area (Å²) in [6.07, 6.45) is -3.34. The first kappa shape index (κ1) is 33.6. The Bertz CT molecular complexity index is 1610. The van der Waals surface area contributed by atoms with Gasteiger partial charge in [0.1, 0.15) is 29.3 Å². The number of rotatable bonds is 10. The second kappa shape index (κ2) is 14.0. The van der Waals surface area contributed by atoms with Crippen LogP contribution in [0.15, 0.2) is 27.9 Å². The van der Waals surface area contributed by atoms with Crippen molar-refractivity contribution in [2.45, 2.75) is 43.8 Å². The van der Waals surface area contributed by atoms with E-state index in [1.54, 1.807) is 25.2 Å². The van der Waals surface area contributed by atoms with Crippen molar-refractivity contribution in [3.8, 4) is 17.1 Å². The summed E-state index contributed by atoms with van der Waals surface area (Å²) >= 11 is 0. The lowest BCUT2D eigenvalue weighted by Gasteiger charge is -2.31. The van der Waals surface area contributed by atoms with Crippen LogP contribution in [-0.4, -0.2) is 112 Å². The van der Waals surface area contributed by atoms with Gasteiger partial charge in [0.15, 0.2) is 5.52 Å². The maximum Gasteiger partial charge on any atom is 0.277 e. The van der Waals surface area contributed by atoms with Crippen LogP contribution in [-0.2, 0) is 33.1 Å². The van der Waals surface area contributed by atoms with Crippen molar-refractivity contribution in [2.75, 3.05) is 39.8 Å². The number of carbonyl (C=O) groups excluding carboxylic acids is 2. The molecule has 1 aromatic carbocycles. The molecule has 0 radical (unpaired) electrons. The Morgan fingerprint density at radius 2 is 1.67 bits per heavy atom. The molecule has 236 valence electrons. The number of piperazine rings is 1. The van der Waals surface area contributed by atoms with E-state index < -0.39 is 34.2 Å². The maximum atomic E-state index is 13.3. The molecule has 16 nitrogen and oxygen atoms in total. The van der Waals surface area contributed by atoms with Gasteiger partial charge in [-0.1, -0.05) is 13.3 Å². The van der Waals surface area contributed by atoms with Crippen molar-refractivity contribution >= 4 is 33.0 Å². The smallest absolute Gasteiger partial charge is 0.277 e. The van der Waals surface area contributed by atoms with Gasteiger partial charge in [0, 0.05) is 33.2 Å². The van der Waals surface area contributed by atoms with Crippen LogP contribution in [0.5, 0.6) is 5.75 Å². The number of nitrogens with zero attached hydrogens (tertiary/aromatic N) is 5. The minimum atomic E-state index is -3.70. The van der Waals surface area contributed by atoms with E-state index in [0.29, 0.717) is 61.6 Å². The van der Waals surface area contributed by atoms with Gasteiger partial charge in [-0.25, -0.2) is 13.4 Å². The fourth-order valence-electron chi connectivity index (χ4n) is 4.35. The second-order valence-corrected chi connectivity index (χ2v) is 11.7.